The second kappa shape index (κ2) is 10.5. The number of H-pyrrole nitrogens is 1. The topological polar surface area (TPSA) is 73.9 Å². The van der Waals surface area contributed by atoms with Crippen LogP contribution in [0.5, 0.6) is 11.5 Å². The lowest BCUT2D eigenvalue weighted by Gasteiger charge is -2.34. The summed E-state index contributed by atoms with van der Waals surface area (Å²) in [5.41, 5.74) is 4.98. The number of nitrogens with one attached hydrogen (secondary N) is 3. The fraction of sp³-hybridized carbons (Fsp3) is 0.423. The number of aryl methyl sites for hydroxylation is 1. The van der Waals surface area contributed by atoms with Crippen LogP contribution in [0.1, 0.15) is 24.0 Å². The van der Waals surface area contributed by atoms with Crippen LogP contribution in [0, 0.1) is 6.92 Å². The van der Waals surface area contributed by atoms with Crippen LogP contribution >= 0.6 is 0 Å². The molecule has 3 N–H and O–H groups in total. The summed E-state index contributed by atoms with van der Waals surface area (Å²) >= 11 is 0. The number of hydrogen-bond donors (Lipinski definition) is 3. The van der Waals surface area contributed by atoms with Crippen molar-refractivity contribution in [3.05, 3.63) is 53.7 Å². The highest BCUT2D eigenvalue weighted by molar-refractivity contribution is 5.86. The van der Waals surface area contributed by atoms with E-state index in [1.54, 1.807) is 14.2 Å². The van der Waals surface area contributed by atoms with Crippen molar-refractivity contribution in [2.75, 3.05) is 45.8 Å². The van der Waals surface area contributed by atoms with Gasteiger partial charge in [-0.3, -0.25) is 4.99 Å². The third-order valence-corrected chi connectivity index (χ3v) is 6.46. The van der Waals surface area contributed by atoms with E-state index in [1.165, 1.54) is 22.0 Å². The van der Waals surface area contributed by atoms with E-state index < -0.39 is 0 Å². The predicted molar refractivity (Wildman–Crippen MR) is 136 cm³/mol. The molecule has 1 aliphatic heterocycles. The van der Waals surface area contributed by atoms with Crippen molar-refractivity contribution in [3.8, 4) is 11.5 Å². The number of anilines is 1. The Kier molecular flexibility index (Phi) is 7.27. The van der Waals surface area contributed by atoms with Gasteiger partial charge in [-0.05, 0) is 37.3 Å². The Bertz CT molecular complexity index is 1080. The summed E-state index contributed by atoms with van der Waals surface area (Å²) in [6, 6.07) is 12.9. The number of aromatic amines is 1. The van der Waals surface area contributed by atoms with E-state index in [0.717, 1.165) is 62.0 Å². The van der Waals surface area contributed by atoms with Gasteiger partial charge < -0.3 is 30.0 Å². The molecule has 0 saturated carbocycles. The van der Waals surface area contributed by atoms with Gasteiger partial charge in [-0.2, -0.15) is 0 Å². The Morgan fingerprint density at radius 2 is 1.85 bits per heavy atom. The van der Waals surface area contributed by atoms with Crippen LogP contribution in [0.4, 0.5) is 5.69 Å². The molecule has 1 fully saturated rings. The zero-order valence-electron chi connectivity index (χ0n) is 20.1. The number of nitrogens with zero attached hydrogens (tertiary/aromatic N) is 2. The highest BCUT2D eigenvalue weighted by Crippen LogP contribution is 2.30. The van der Waals surface area contributed by atoms with E-state index in [9.17, 15) is 0 Å². The van der Waals surface area contributed by atoms with Crippen LogP contribution in [0.2, 0.25) is 0 Å². The van der Waals surface area contributed by atoms with Gasteiger partial charge in [0.05, 0.1) is 14.2 Å². The molecule has 33 heavy (non-hydrogen) atoms. The molecule has 0 bridgehead atoms. The Hall–Kier alpha value is -3.35. The molecule has 7 heteroatoms. The highest BCUT2D eigenvalue weighted by atomic mass is 16.5. The molecule has 3 aromatic rings. The Morgan fingerprint density at radius 1 is 1.12 bits per heavy atom. The number of ether oxygens (including phenoxy) is 2. The van der Waals surface area contributed by atoms with Crippen molar-refractivity contribution in [1.82, 2.24) is 15.6 Å². The highest BCUT2D eigenvalue weighted by Gasteiger charge is 2.21. The number of hydrogen-bond acceptors (Lipinski definition) is 4. The zero-order chi connectivity index (χ0) is 23.2. The minimum Gasteiger partial charge on any atom is -0.497 e. The largest absolute Gasteiger partial charge is 0.497 e. The normalized spacial score (nSPS) is 15.0. The summed E-state index contributed by atoms with van der Waals surface area (Å²) in [6.45, 7) is 4.92. The predicted octanol–water partition coefficient (Wildman–Crippen LogP) is 3.87. The van der Waals surface area contributed by atoms with Crippen LogP contribution in [-0.4, -0.2) is 57.9 Å². The van der Waals surface area contributed by atoms with E-state index in [0.29, 0.717) is 6.04 Å². The molecular weight excluding hydrogens is 414 g/mol. The first-order valence-electron chi connectivity index (χ1n) is 11.6. The van der Waals surface area contributed by atoms with E-state index in [1.807, 2.05) is 13.1 Å². The summed E-state index contributed by atoms with van der Waals surface area (Å²) in [4.78, 5) is 10.2. The SMILES string of the molecule is CN=C(NCCc1c[nH]c2c(C)cccc12)NC1CCN(c2cc(OC)cc(OC)c2)CC1. The summed E-state index contributed by atoms with van der Waals surface area (Å²) < 4.78 is 10.9. The number of methoxy groups -OCH3 is 2. The van der Waals surface area contributed by atoms with Crippen LogP contribution in [-0.2, 0) is 6.42 Å². The first-order chi connectivity index (χ1) is 16.1. The van der Waals surface area contributed by atoms with Gasteiger partial charge in [-0.1, -0.05) is 18.2 Å². The molecule has 1 aliphatic rings. The molecule has 4 rings (SSSR count). The number of piperidine rings is 1. The first-order valence-corrected chi connectivity index (χ1v) is 11.6. The average Bonchev–Trinajstić information content (AvgIpc) is 3.27. The van der Waals surface area contributed by atoms with E-state index >= 15 is 0 Å². The Morgan fingerprint density at radius 3 is 2.52 bits per heavy atom. The van der Waals surface area contributed by atoms with Crippen molar-refractivity contribution >= 4 is 22.5 Å². The smallest absolute Gasteiger partial charge is 0.191 e. The monoisotopic (exact) mass is 449 g/mol. The van der Waals surface area contributed by atoms with Gasteiger partial charge in [0.25, 0.3) is 0 Å². The van der Waals surface area contributed by atoms with Crippen molar-refractivity contribution < 1.29 is 9.47 Å². The van der Waals surface area contributed by atoms with Crippen LogP contribution in [0.25, 0.3) is 10.9 Å². The van der Waals surface area contributed by atoms with Gasteiger partial charge >= 0.3 is 0 Å². The second-order valence-electron chi connectivity index (χ2n) is 8.54. The maximum atomic E-state index is 5.43. The third-order valence-electron chi connectivity index (χ3n) is 6.46. The average molecular weight is 450 g/mol. The molecular formula is C26H35N5O2. The number of rotatable bonds is 7. The molecule has 0 spiro atoms. The number of aromatic nitrogens is 1. The van der Waals surface area contributed by atoms with Crippen LogP contribution < -0.4 is 25.0 Å². The van der Waals surface area contributed by atoms with Gasteiger partial charge in [-0.15, -0.1) is 0 Å². The maximum absolute atomic E-state index is 5.43. The molecule has 2 aromatic carbocycles. The minimum absolute atomic E-state index is 0.399. The van der Waals surface area contributed by atoms with Crippen molar-refractivity contribution in [2.45, 2.75) is 32.2 Å². The van der Waals surface area contributed by atoms with Gasteiger partial charge in [0, 0.05) is 73.7 Å². The molecule has 1 aromatic heterocycles. The standard InChI is InChI=1S/C26H35N5O2/c1-18-6-5-7-24-19(17-29-25(18)24)8-11-28-26(27-2)30-20-9-12-31(13-10-20)21-14-22(32-3)16-23(15-21)33-4/h5-7,14-17,20,29H,8-13H2,1-4H3,(H2,27,28,30). The molecule has 0 amide bonds. The summed E-state index contributed by atoms with van der Waals surface area (Å²) in [5, 5.41) is 8.40. The van der Waals surface area contributed by atoms with Crippen LogP contribution in [0.15, 0.2) is 47.6 Å². The molecule has 0 atom stereocenters. The number of guanidine groups is 1. The molecule has 176 valence electrons. The quantitative estimate of drug-likeness (QED) is 0.377. The summed E-state index contributed by atoms with van der Waals surface area (Å²) in [7, 11) is 5.21. The van der Waals surface area contributed by atoms with Crippen LogP contribution in [0.3, 0.4) is 0 Å². The van der Waals surface area contributed by atoms with Crippen molar-refractivity contribution in [2.24, 2.45) is 4.99 Å². The molecule has 1 saturated heterocycles. The lowest BCUT2D eigenvalue weighted by molar-refractivity contribution is 0.393. The minimum atomic E-state index is 0.399. The fourth-order valence-corrected chi connectivity index (χ4v) is 4.53. The van der Waals surface area contributed by atoms with E-state index in [-0.39, 0.29) is 0 Å². The van der Waals surface area contributed by atoms with Gasteiger partial charge in [0.1, 0.15) is 11.5 Å². The third kappa shape index (κ3) is 5.35. The first kappa shape index (κ1) is 22.8. The van der Waals surface area contributed by atoms with E-state index in [2.05, 4.69) is 69.0 Å². The van der Waals surface area contributed by atoms with E-state index in [4.69, 9.17) is 9.47 Å². The lowest BCUT2D eigenvalue weighted by Crippen LogP contribution is -2.49. The second-order valence-corrected chi connectivity index (χ2v) is 8.54. The van der Waals surface area contributed by atoms with Gasteiger partial charge in [-0.25, -0.2) is 0 Å². The zero-order valence-corrected chi connectivity index (χ0v) is 20.1. The summed E-state index contributed by atoms with van der Waals surface area (Å²) in [6.07, 6.45) is 5.16. The van der Waals surface area contributed by atoms with Crippen molar-refractivity contribution in [1.29, 1.82) is 0 Å². The Balaban J connectivity index is 1.27. The number of fused-ring (bicyclic) bond motifs is 1. The molecule has 0 unspecified atom stereocenters. The molecule has 7 nitrogen and oxygen atoms in total. The summed E-state index contributed by atoms with van der Waals surface area (Å²) in [5.74, 6) is 2.51. The van der Waals surface area contributed by atoms with Gasteiger partial charge in [0.15, 0.2) is 5.96 Å². The van der Waals surface area contributed by atoms with Gasteiger partial charge in [0.2, 0.25) is 0 Å². The molecule has 2 heterocycles. The number of para-hydroxylation sites is 1. The molecule has 0 radical (unpaired) electrons. The fourth-order valence-electron chi connectivity index (χ4n) is 4.53. The maximum Gasteiger partial charge on any atom is 0.191 e. The molecule has 0 aliphatic carbocycles. The lowest BCUT2D eigenvalue weighted by atomic mass is 10.0. The Labute approximate surface area is 196 Å². The number of aliphatic imine (C=N–C) groups is 1. The number of benzene rings is 2. The van der Waals surface area contributed by atoms with Crippen molar-refractivity contribution in [3.63, 3.8) is 0 Å².